The number of carboxylic acids is 1. The van der Waals surface area contributed by atoms with Crippen LogP contribution in [0, 0.1) is 42.8 Å². The van der Waals surface area contributed by atoms with Crippen LogP contribution in [0.3, 0.4) is 0 Å². The number of carbonyl (C=O) groups excluding carboxylic acids is 6. The van der Waals surface area contributed by atoms with Crippen LogP contribution < -0.4 is 42.0 Å². The number of anilines is 5. The number of aryl methyl sites for hydroxylation is 2. The maximum atomic E-state index is 15.5. The Balaban J connectivity index is 1.07. The Bertz CT molecular complexity index is 3820. The normalized spacial score (nSPS) is 12.2. The first-order chi connectivity index (χ1) is 45.9. The van der Waals surface area contributed by atoms with Gasteiger partial charge in [0, 0.05) is 49.9 Å². The monoisotopic (exact) mass is 1380 g/mol. The van der Waals surface area contributed by atoms with E-state index in [0.29, 0.717) is 74.7 Å². The summed E-state index contributed by atoms with van der Waals surface area (Å²) in [6.07, 6.45) is 4.14. The summed E-state index contributed by atoms with van der Waals surface area (Å²) >= 11 is 2.68. The van der Waals surface area contributed by atoms with Gasteiger partial charge in [0.2, 0.25) is 11.8 Å². The van der Waals surface area contributed by atoms with Gasteiger partial charge in [-0.05, 0) is 137 Å². The maximum absolute atomic E-state index is 15.5. The summed E-state index contributed by atoms with van der Waals surface area (Å²) in [5.41, 5.74) is 7.21. The van der Waals surface area contributed by atoms with E-state index in [0.717, 1.165) is 15.8 Å². The van der Waals surface area contributed by atoms with Gasteiger partial charge in [-0.2, -0.15) is 0 Å². The molecule has 1 unspecified atom stereocenters. The molecule has 520 valence electrons. The van der Waals surface area contributed by atoms with E-state index in [1.807, 2.05) is 63.3 Å². The number of para-hydroxylation sites is 1. The minimum atomic E-state index is -1.22. The second-order valence-corrected chi connectivity index (χ2v) is 27.2. The molecule has 97 heavy (non-hydrogen) atoms. The van der Waals surface area contributed by atoms with Gasteiger partial charge < -0.3 is 80.7 Å². The van der Waals surface area contributed by atoms with Crippen molar-refractivity contribution in [2.75, 3.05) is 90.2 Å². The molecule has 7 amide bonds. The Kier molecular flexibility index (Phi) is 28.1. The quantitative estimate of drug-likeness (QED) is 0.00847. The zero-order chi connectivity index (χ0) is 71.1. The van der Waals surface area contributed by atoms with Crippen LogP contribution in [0.5, 0.6) is 5.75 Å². The molecular weight excluding hydrogens is 1290 g/mol. The number of nitrogens with zero attached hydrogens (tertiary/aromatic N) is 8. The maximum Gasteiger partial charge on any atom is 0.410 e. The number of hydrogen-bond donors (Lipinski definition) is 8. The van der Waals surface area contributed by atoms with Crippen LogP contribution in [0.15, 0.2) is 66.7 Å². The van der Waals surface area contributed by atoms with Crippen LogP contribution >= 0.6 is 22.7 Å². The Hall–Kier alpha value is -9.88. The van der Waals surface area contributed by atoms with Crippen molar-refractivity contribution in [3.05, 3.63) is 105 Å². The predicted molar refractivity (Wildman–Crippen MR) is 367 cm³/mol. The highest BCUT2D eigenvalue weighted by atomic mass is 32.1. The Morgan fingerprint density at radius 3 is 2.28 bits per heavy atom. The molecule has 6 rings (SSSR count). The van der Waals surface area contributed by atoms with E-state index in [2.05, 4.69) is 64.5 Å². The summed E-state index contributed by atoms with van der Waals surface area (Å²) in [5, 5.41) is 45.0. The number of thiazole rings is 2. The van der Waals surface area contributed by atoms with Crippen molar-refractivity contribution in [1.29, 1.82) is 0 Å². The highest BCUT2D eigenvalue weighted by Gasteiger charge is 2.31. The third-order valence-corrected chi connectivity index (χ3v) is 16.3. The van der Waals surface area contributed by atoms with Gasteiger partial charge in [-0.3, -0.25) is 9.59 Å². The number of carboxylic acid groups (broad SMARTS) is 1. The molecule has 3 aromatic heterocycles. The van der Waals surface area contributed by atoms with E-state index >= 15 is 4.39 Å². The highest BCUT2D eigenvalue weighted by Crippen LogP contribution is 2.35. The number of amides is 7. The Morgan fingerprint density at radius 1 is 0.866 bits per heavy atom. The molecule has 3 heterocycles. The smallest absolute Gasteiger partial charge is 0.410 e. The molecule has 0 aliphatic rings. The van der Waals surface area contributed by atoms with Crippen molar-refractivity contribution in [2.24, 2.45) is 11.7 Å². The molecule has 0 saturated carbocycles. The van der Waals surface area contributed by atoms with E-state index in [1.54, 1.807) is 52.8 Å². The third-order valence-electron chi connectivity index (χ3n) is 14.2. The summed E-state index contributed by atoms with van der Waals surface area (Å²) < 4.78 is 39.0. The van der Waals surface area contributed by atoms with Crippen molar-refractivity contribution in [3.63, 3.8) is 0 Å². The zero-order valence-electron chi connectivity index (χ0n) is 56.4. The molecule has 6 aromatic rings. The number of aliphatic hydroxyl groups excluding tert-OH is 1. The van der Waals surface area contributed by atoms with E-state index in [-0.39, 0.29) is 81.4 Å². The third kappa shape index (κ3) is 24.7. The van der Waals surface area contributed by atoms with Gasteiger partial charge >= 0.3 is 30.3 Å². The minimum Gasteiger partial charge on any atom is -0.491 e. The average molecular weight is 1380 g/mol. The number of rotatable bonds is 32. The summed E-state index contributed by atoms with van der Waals surface area (Å²) in [4.78, 5) is 105. The van der Waals surface area contributed by atoms with E-state index < -0.39 is 77.6 Å². The number of nitrogens with two attached hydrogens (primary N) is 1. The number of aliphatic hydroxyl groups is 1. The van der Waals surface area contributed by atoms with Crippen LogP contribution in [-0.4, -0.2) is 185 Å². The molecule has 0 bridgehead atoms. The van der Waals surface area contributed by atoms with Crippen LogP contribution in [0.4, 0.5) is 51.2 Å². The SMILES string of the molecule is C#CCOC(=O)N(C)Cc1cc(NC(=O)[C@H](CCCNC(N)=O)NC(=O)[C@@H](NC(=O)OC(C)(C)C)C(C)C)ccc1COC(=O)N(C)CC#Cc1ccc(OCCCc2sc(N(CCCC(O)C[N+](C)(C)C)c3cc(C)c(Nc4nc5ccccc5s4)nn3)nc2C(=O)O)c(F)c1. The fourth-order valence-electron chi connectivity index (χ4n) is 9.52. The van der Waals surface area contributed by atoms with Gasteiger partial charge in [0.05, 0.1) is 44.5 Å². The number of aromatic nitrogens is 4. The summed E-state index contributed by atoms with van der Waals surface area (Å²) in [6.45, 7) is 10.5. The number of likely N-dealkylation sites (N-methyl/N-ethyl adjacent to an activating group) is 1. The molecule has 27 nitrogen and oxygen atoms in total. The van der Waals surface area contributed by atoms with Crippen LogP contribution in [0.25, 0.3) is 10.2 Å². The van der Waals surface area contributed by atoms with Crippen LogP contribution in [-0.2, 0) is 43.4 Å². The lowest BCUT2D eigenvalue weighted by molar-refractivity contribution is -0.873. The molecule has 0 aliphatic carbocycles. The predicted octanol–water partition coefficient (Wildman–Crippen LogP) is 8.67. The van der Waals surface area contributed by atoms with Crippen LogP contribution in [0.2, 0.25) is 0 Å². The molecular formula is C67H86FN14O13S2+. The van der Waals surface area contributed by atoms with Gasteiger partial charge in [0.15, 0.2) is 45.8 Å². The van der Waals surface area contributed by atoms with Gasteiger partial charge in [-0.25, -0.2) is 38.3 Å². The molecule has 30 heteroatoms. The second kappa shape index (κ2) is 35.7. The molecule has 0 aliphatic heterocycles. The molecule has 0 spiro atoms. The van der Waals surface area contributed by atoms with Crippen molar-refractivity contribution in [3.8, 4) is 29.9 Å². The number of halogens is 1. The second-order valence-electron chi connectivity index (χ2n) is 25.1. The van der Waals surface area contributed by atoms with Crippen molar-refractivity contribution in [2.45, 2.75) is 117 Å². The number of urea groups is 1. The minimum absolute atomic E-state index is 0.0281. The van der Waals surface area contributed by atoms with E-state index in [1.165, 1.54) is 64.8 Å². The van der Waals surface area contributed by atoms with Gasteiger partial charge in [0.25, 0.3) is 0 Å². The largest absolute Gasteiger partial charge is 0.491 e. The number of benzene rings is 3. The van der Waals surface area contributed by atoms with E-state index in [9.17, 15) is 43.8 Å². The number of fused-ring (bicyclic) bond motifs is 1. The Morgan fingerprint density at radius 2 is 1.61 bits per heavy atom. The van der Waals surface area contributed by atoms with Gasteiger partial charge in [-0.1, -0.05) is 61.1 Å². The number of quaternary nitrogens is 1. The highest BCUT2D eigenvalue weighted by molar-refractivity contribution is 7.22. The van der Waals surface area contributed by atoms with Crippen molar-refractivity contribution < 1.29 is 71.6 Å². The summed E-state index contributed by atoms with van der Waals surface area (Å²) in [5.74, 6) is 5.11. The number of primary amides is 1. The van der Waals surface area contributed by atoms with Crippen molar-refractivity contribution >= 4 is 103 Å². The first-order valence-corrected chi connectivity index (χ1v) is 32.8. The topological polar surface area (TPSA) is 344 Å². The first-order valence-electron chi connectivity index (χ1n) is 31.2. The van der Waals surface area contributed by atoms with E-state index in [4.69, 9.17) is 31.1 Å². The van der Waals surface area contributed by atoms with Crippen molar-refractivity contribution in [1.82, 2.24) is 45.9 Å². The van der Waals surface area contributed by atoms with Gasteiger partial charge in [-0.15, -0.1) is 28.0 Å². The number of ether oxygens (including phenoxy) is 4. The first kappa shape index (κ1) is 76.1. The number of nitrogens with one attached hydrogen (secondary N) is 5. The molecule has 0 radical (unpaired) electrons. The lowest BCUT2D eigenvalue weighted by atomic mass is 10.0. The standard InChI is InChI=1S/C67H85FN14O13S2/c1-13-33-93-66(91)80(9)38-45-37-46(71-58(84)50(23-16-30-70-61(69)88)72-59(85)55(41(2)3)75-64(89)95-67(5,6)7)28-27-44(45)40-94-65(90)79(8)31-17-20-43-26-29-51(48(68)36-43)92-34-19-25-53-56(60(86)87)74-63(97-53)81(32-18-21-47(83)39-82(10,11)12)54-35-42(4)57(78-77-54)76-62-73-49-22-14-15-24-52(49)96-62/h1,14-15,22,24,26-29,35-37,41,47,50,55,83H,16,18-19,21,23,25,30-34,38-40H2,2-12H3,(H7-,69,70,71,72,73,75,76,78,84,85,86,87,88,89)/p+1/t47?,50-,55-/m0/s1. The Labute approximate surface area is 571 Å². The zero-order valence-corrected chi connectivity index (χ0v) is 58.0. The fraction of sp³-hybridized carbons (Fsp3) is 0.448. The molecule has 0 saturated heterocycles. The lowest BCUT2D eigenvalue weighted by Crippen LogP contribution is -2.55. The fourth-order valence-corrected chi connectivity index (χ4v) is 11.5. The molecule has 0 fully saturated rings. The number of carbonyl (C=O) groups is 7. The number of aromatic carboxylic acids is 1. The molecule has 9 N–H and O–H groups in total. The van der Waals surface area contributed by atoms with Gasteiger partial charge in [0.1, 0.15) is 36.9 Å². The molecule has 3 aromatic carbocycles. The number of hydrogen-bond acceptors (Lipinski definition) is 20. The summed E-state index contributed by atoms with van der Waals surface area (Å²) in [6, 6.07) is 15.4. The average Bonchev–Trinajstić information content (AvgIpc) is 1.66. The van der Waals surface area contributed by atoms with Crippen LogP contribution in [0.1, 0.15) is 104 Å². The lowest BCUT2D eigenvalue weighted by Gasteiger charge is -2.27. The summed E-state index contributed by atoms with van der Waals surface area (Å²) in [7, 11) is 8.90. The number of terminal acetylenes is 1. The molecule has 3 atom stereocenters. The number of alkyl carbamates (subject to hydrolysis) is 1.